The van der Waals surface area contributed by atoms with Crippen molar-refractivity contribution in [1.29, 1.82) is 0 Å². The van der Waals surface area contributed by atoms with E-state index in [4.69, 9.17) is 13.9 Å². The molecule has 1 aliphatic heterocycles. The molecule has 1 aromatic rings. The van der Waals surface area contributed by atoms with Gasteiger partial charge in [0.25, 0.3) is 0 Å². The SMILES string of the molecule is CCOC(=O)/C(=C/CC/C(C)=C/CC/C(C)=C/CCc1ccoc1)CC(=O)N1CCOCC1. The van der Waals surface area contributed by atoms with E-state index >= 15 is 0 Å². The Morgan fingerprint density at radius 1 is 1.03 bits per heavy atom. The van der Waals surface area contributed by atoms with Crippen LogP contribution in [0.15, 0.2) is 58.0 Å². The lowest BCUT2D eigenvalue weighted by Crippen LogP contribution is -2.41. The van der Waals surface area contributed by atoms with E-state index in [1.54, 1.807) is 24.3 Å². The average molecular weight is 458 g/mol. The van der Waals surface area contributed by atoms with Gasteiger partial charge in [0.15, 0.2) is 0 Å². The van der Waals surface area contributed by atoms with Gasteiger partial charge in [0.2, 0.25) is 5.91 Å². The van der Waals surface area contributed by atoms with Crippen molar-refractivity contribution in [2.24, 2.45) is 0 Å². The van der Waals surface area contributed by atoms with Gasteiger partial charge in [0, 0.05) is 18.7 Å². The fourth-order valence-corrected chi connectivity index (χ4v) is 3.68. The molecule has 0 radical (unpaired) electrons. The molecular weight excluding hydrogens is 418 g/mol. The zero-order valence-electron chi connectivity index (χ0n) is 20.4. The normalized spacial score (nSPS) is 15.6. The molecule has 2 rings (SSSR count). The predicted molar refractivity (Wildman–Crippen MR) is 130 cm³/mol. The molecule has 0 aliphatic carbocycles. The Balaban J connectivity index is 1.77. The molecule has 0 unspecified atom stereocenters. The largest absolute Gasteiger partial charge is 0.472 e. The van der Waals surface area contributed by atoms with Crippen molar-refractivity contribution in [3.63, 3.8) is 0 Å². The van der Waals surface area contributed by atoms with Gasteiger partial charge >= 0.3 is 5.97 Å². The maximum absolute atomic E-state index is 12.6. The van der Waals surface area contributed by atoms with Gasteiger partial charge in [-0.25, -0.2) is 4.79 Å². The van der Waals surface area contributed by atoms with Gasteiger partial charge < -0.3 is 18.8 Å². The smallest absolute Gasteiger partial charge is 0.334 e. The number of amides is 1. The Hall–Kier alpha value is -2.60. The summed E-state index contributed by atoms with van der Waals surface area (Å²) in [6.07, 6.45) is 15.7. The van der Waals surface area contributed by atoms with Gasteiger partial charge in [-0.2, -0.15) is 0 Å². The molecule has 1 aliphatic rings. The highest BCUT2D eigenvalue weighted by atomic mass is 16.5. The summed E-state index contributed by atoms with van der Waals surface area (Å²) in [5.74, 6) is -0.433. The Morgan fingerprint density at radius 3 is 2.33 bits per heavy atom. The number of esters is 1. The van der Waals surface area contributed by atoms with E-state index in [0.717, 1.165) is 32.1 Å². The van der Waals surface area contributed by atoms with Crippen LogP contribution in [0.3, 0.4) is 0 Å². The molecule has 6 heteroatoms. The number of hydrogen-bond donors (Lipinski definition) is 0. The topological polar surface area (TPSA) is 69.0 Å². The number of nitrogens with zero attached hydrogens (tertiary/aromatic N) is 1. The summed E-state index contributed by atoms with van der Waals surface area (Å²) in [4.78, 5) is 26.7. The molecule has 1 aromatic heterocycles. The van der Waals surface area contributed by atoms with Gasteiger partial charge in [-0.1, -0.05) is 29.4 Å². The minimum absolute atomic E-state index is 0.0418. The maximum atomic E-state index is 12.6. The highest BCUT2D eigenvalue weighted by Crippen LogP contribution is 2.15. The highest BCUT2D eigenvalue weighted by Gasteiger charge is 2.21. The van der Waals surface area contributed by atoms with E-state index in [0.29, 0.717) is 44.9 Å². The quantitative estimate of drug-likeness (QED) is 0.225. The fraction of sp³-hybridized carbons (Fsp3) is 0.556. The third-order valence-electron chi connectivity index (χ3n) is 5.71. The summed E-state index contributed by atoms with van der Waals surface area (Å²) in [7, 11) is 0. The third kappa shape index (κ3) is 10.7. The second-order valence-electron chi connectivity index (χ2n) is 8.47. The average Bonchev–Trinajstić information content (AvgIpc) is 3.32. The highest BCUT2D eigenvalue weighted by molar-refractivity contribution is 5.95. The first-order chi connectivity index (χ1) is 16.0. The number of ether oxygens (including phenoxy) is 2. The Morgan fingerprint density at radius 2 is 1.70 bits per heavy atom. The van der Waals surface area contributed by atoms with E-state index in [9.17, 15) is 9.59 Å². The lowest BCUT2D eigenvalue weighted by Gasteiger charge is -2.27. The van der Waals surface area contributed by atoms with E-state index in [1.165, 1.54) is 16.7 Å². The fourth-order valence-electron chi connectivity index (χ4n) is 3.68. The van der Waals surface area contributed by atoms with Gasteiger partial charge in [0.1, 0.15) is 0 Å². The maximum Gasteiger partial charge on any atom is 0.334 e. The molecule has 33 heavy (non-hydrogen) atoms. The van der Waals surface area contributed by atoms with Crippen LogP contribution < -0.4 is 0 Å². The molecule has 0 bridgehead atoms. The van der Waals surface area contributed by atoms with E-state index in [-0.39, 0.29) is 12.3 Å². The van der Waals surface area contributed by atoms with Crippen LogP contribution in [-0.4, -0.2) is 49.7 Å². The van der Waals surface area contributed by atoms with Crippen LogP contribution in [0.4, 0.5) is 0 Å². The van der Waals surface area contributed by atoms with E-state index < -0.39 is 5.97 Å². The molecule has 2 heterocycles. The Kier molecular flexibility index (Phi) is 12.3. The number of furan rings is 1. The zero-order valence-corrected chi connectivity index (χ0v) is 20.4. The zero-order chi connectivity index (χ0) is 23.9. The van der Waals surface area contributed by atoms with Crippen LogP contribution in [0.2, 0.25) is 0 Å². The molecule has 0 aromatic carbocycles. The minimum Gasteiger partial charge on any atom is -0.472 e. The van der Waals surface area contributed by atoms with Gasteiger partial charge in [0.05, 0.1) is 38.8 Å². The second kappa shape index (κ2) is 15.3. The molecule has 182 valence electrons. The summed E-state index contributed by atoms with van der Waals surface area (Å²) in [5.41, 5.74) is 4.38. The summed E-state index contributed by atoms with van der Waals surface area (Å²) in [6.45, 7) is 8.63. The number of rotatable bonds is 13. The number of allylic oxidation sites excluding steroid dienone is 5. The molecule has 1 fully saturated rings. The lowest BCUT2D eigenvalue weighted by molar-refractivity contribution is -0.141. The molecule has 6 nitrogen and oxygen atoms in total. The first-order valence-corrected chi connectivity index (χ1v) is 12.0. The third-order valence-corrected chi connectivity index (χ3v) is 5.71. The van der Waals surface area contributed by atoms with Crippen LogP contribution in [0.1, 0.15) is 64.9 Å². The van der Waals surface area contributed by atoms with Gasteiger partial charge in [-0.3, -0.25) is 4.79 Å². The number of carbonyl (C=O) groups is 2. The predicted octanol–water partition coefficient (Wildman–Crippen LogP) is 5.40. The van der Waals surface area contributed by atoms with Crippen molar-refractivity contribution >= 4 is 11.9 Å². The van der Waals surface area contributed by atoms with Crippen molar-refractivity contribution in [2.75, 3.05) is 32.9 Å². The standard InChI is InChI=1S/C27H39NO5/c1-4-33-27(30)25(20-26(29)28-15-18-31-19-16-28)13-7-11-23(3)9-5-8-22(2)10-6-12-24-14-17-32-21-24/h9-10,13-14,17,21H,4-8,11-12,15-16,18-20H2,1-3H3/b22-10+,23-9+,25-13+. The minimum atomic E-state index is -0.392. The number of hydrogen-bond acceptors (Lipinski definition) is 5. The lowest BCUT2D eigenvalue weighted by atomic mass is 10.0. The van der Waals surface area contributed by atoms with Crippen LogP contribution in [0, 0.1) is 0 Å². The summed E-state index contributed by atoms with van der Waals surface area (Å²) < 4.78 is 15.6. The van der Waals surface area contributed by atoms with Crippen LogP contribution in [0.5, 0.6) is 0 Å². The molecular formula is C27H39NO5. The van der Waals surface area contributed by atoms with Gasteiger partial charge in [-0.15, -0.1) is 0 Å². The molecule has 0 N–H and O–H groups in total. The molecule has 0 saturated carbocycles. The summed E-state index contributed by atoms with van der Waals surface area (Å²) >= 11 is 0. The molecule has 1 amide bonds. The van der Waals surface area contributed by atoms with Crippen molar-refractivity contribution in [1.82, 2.24) is 4.90 Å². The van der Waals surface area contributed by atoms with E-state index in [2.05, 4.69) is 26.0 Å². The number of aryl methyl sites for hydroxylation is 1. The Bertz CT molecular complexity index is 814. The van der Waals surface area contributed by atoms with Crippen molar-refractivity contribution < 1.29 is 23.5 Å². The first kappa shape index (κ1) is 26.7. The monoisotopic (exact) mass is 457 g/mol. The van der Waals surface area contributed by atoms with E-state index in [1.807, 2.05) is 12.1 Å². The summed E-state index contributed by atoms with van der Waals surface area (Å²) in [5, 5.41) is 0. The van der Waals surface area contributed by atoms with Crippen LogP contribution in [-0.2, 0) is 25.5 Å². The first-order valence-electron chi connectivity index (χ1n) is 12.0. The van der Waals surface area contributed by atoms with Crippen molar-refractivity contribution in [3.05, 3.63) is 59.1 Å². The molecule has 0 spiro atoms. The molecule has 0 atom stereocenters. The van der Waals surface area contributed by atoms with Gasteiger partial charge in [-0.05, 0) is 70.9 Å². The van der Waals surface area contributed by atoms with Crippen molar-refractivity contribution in [3.8, 4) is 0 Å². The summed E-state index contributed by atoms with van der Waals surface area (Å²) in [6, 6.07) is 2.01. The van der Waals surface area contributed by atoms with Crippen LogP contribution >= 0.6 is 0 Å². The van der Waals surface area contributed by atoms with Crippen LogP contribution in [0.25, 0.3) is 0 Å². The molecule has 1 saturated heterocycles. The van der Waals surface area contributed by atoms with Crippen molar-refractivity contribution in [2.45, 2.75) is 65.7 Å². The Labute approximate surface area is 198 Å². The second-order valence-corrected chi connectivity index (χ2v) is 8.47. The number of morpholine rings is 1. The number of carbonyl (C=O) groups excluding carboxylic acids is 2.